The van der Waals surface area contributed by atoms with Crippen molar-refractivity contribution in [2.75, 3.05) is 6.54 Å². The molecule has 4 nitrogen and oxygen atoms in total. The lowest BCUT2D eigenvalue weighted by atomic mass is 9.89. The summed E-state index contributed by atoms with van der Waals surface area (Å²) in [7, 11) is 1.95. The highest BCUT2D eigenvalue weighted by Crippen LogP contribution is 2.47. The molecule has 3 unspecified atom stereocenters. The van der Waals surface area contributed by atoms with E-state index in [1.165, 1.54) is 43.2 Å². The van der Waals surface area contributed by atoms with Crippen LogP contribution in [-0.4, -0.2) is 21.3 Å². The van der Waals surface area contributed by atoms with Crippen LogP contribution in [0.15, 0.2) is 12.3 Å². The molecule has 2 heterocycles. The van der Waals surface area contributed by atoms with Gasteiger partial charge in [0.25, 0.3) is 0 Å². The number of nitrogens with one attached hydrogen (secondary N) is 1. The summed E-state index contributed by atoms with van der Waals surface area (Å²) in [6.07, 6.45) is 7.89. The van der Waals surface area contributed by atoms with E-state index in [1.54, 1.807) is 0 Å². The molecule has 21 heavy (non-hydrogen) atoms. The molecule has 112 valence electrons. The lowest BCUT2D eigenvalue weighted by Crippen LogP contribution is -2.26. The van der Waals surface area contributed by atoms with Crippen LogP contribution in [0.5, 0.6) is 0 Å². The van der Waals surface area contributed by atoms with E-state index in [0.717, 1.165) is 35.6 Å². The highest BCUT2D eigenvalue weighted by Gasteiger charge is 2.38. The van der Waals surface area contributed by atoms with E-state index in [1.807, 2.05) is 17.9 Å². The van der Waals surface area contributed by atoms with Gasteiger partial charge in [0.05, 0.1) is 5.69 Å². The Morgan fingerprint density at radius 3 is 3.00 bits per heavy atom. The molecule has 2 saturated carbocycles. The number of hydrogen-bond donors (Lipinski definition) is 1. The molecule has 2 aromatic rings. The molecule has 1 N–H and O–H groups in total. The minimum atomic E-state index is 0.917. The van der Waals surface area contributed by atoms with Gasteiger partial charge in [-0.15, -0.1) is 0 Å². The van der Waals surface area contributed by atoms with Crippen molar-refractivity contribution in [3.05, 3.63) is 23.5 Å². The normalized spacial score (nSPS) is 27.8. The first-order chi connectivity index (χ1) is 10.2. The summed E-state index contributed by atoms with van der Waals surface area (Å²) in [6.45, 7) is 4.15. The van der Waals surface area contributed by atoms with Crippen molar-refractivity contribution in [1.29, 1.82) is 0 Å². The smallest absolute Gasteiger partial charge is 0.157 e. The average molecular weight is 284 g/mol. The third-order valence-electron chi connectivity index (χ3n) is 5.54. The predicted octanol–water partition coefficient (Wildman–Crippen LogP) is 2.80. The molecule has 4 heteroatoms. The fourth-order valence-electron chi connectivity index (χ4n) is 4.48. The maximum absolute atomic E-state index is 4.55. The second-order valence-electron chi connectivity index (χ2n) is 6.99. The zero-order chi connectivity index (χ0) is 14.4. The van der Waals surface area contributed by atoms with Gasteiger partial charge in [0.2, 0.25) is 0 Å². The van der Waals surface area contributed by atoms with Crippen LogP contribution >= 0.6 is 0 Å². The van der Waals surface area contributed by atoms with Gasteiger partial charge in [-0.3, -0.25) is 4.68 Å². The number of aromatic nitrogens is 3. The summed E-state index contributed by atoms with van der Waals surface area (Å²) < 4.78 is 1.86. The van der Waals surface area contributed by atoms with Gasteiger partial charge in [0, 0.05) is 25.2 Å². The van der Waals surface area contributed by atoms with Crippen molar-refractivity contribution in [2.24, 2.45) is 24.8 Å². The minimum Gasteiger partial charge on any atom is -0.312 e. The lowest BCUT2D eigenvalue weighted by molar-refractivity contribution is 0.318. The van der Waals surface area contributed by atoms with Crippen molar-refractivity contribution in [1.82, 2.24) is 20.1 Å². The van der Waals surface area contributed by atoms with E-state index in [-0.39, 0.29) is 0 Å². The predicted molar refractivity (Wildman–Crippen MR) is 83.9 cm³/mol. The molecule has 2 aliphatic rings. The zero-order valence-corrected chi connectivity index (χ0v) is 13.0. The van der Waals surface area contributed by atoms with E-state index in [2.05, 4.69) is 28.4 Å². The first-order valence-electron chi connectivity index (χ1n) is 8.19. The topological polar surface area (TPSA) is 42.7 Å². The van der Waals surface area contributed by atoms with Crippen molar-refractivity contribution < 1.29 is 0 Å². The molecule has 2 fully saturated rings. The Bertz CT molecular complexity index is 660. The number of aryl methyl sites for hydroxylation is 2. The molecule has 0 saturated heterocycles. The Labute approximate surface area is 125 Å². The Hall–Kier alpha value is -1.42. The molecule has 2 aliphatic carbocycles. The third-order valence-corrected chi connectivity index (χ3v) is 5.54. The van der Waals surface area contributed by atoms with Crippen molar-refractivity contribution in [3.8, 4) is 0 Å². The van der Waals surface area contributed by atoms with Gasteiger partial charge in [-0.1, -0.05) is 6.42 Å². The van der Waals surface area contributed by atoms with Crippen molar-refractivity contribution in [3.63, 3.8) is 0 Å². The number of nitrogens with zero attached hydrogens (tertiary/aromatic N) is 3. The summed E-state index contributed by atoms with van der Waals surface area (Å²) in [5.41, 5.74) is 3.31. The first kappa shape index (κ1) is 13.3. The Kier molecular flexibility index (Phi) is 3.21. The van der Waals surface area contributed by atoms with Gasteiger partial charge in [0.15, 0.2) is 5.65 Å². The number of fused-ring (bicyclic) bond motifs is 3. The second kappa shape index (κ2) is 5.09. The van der Waals surface area contributed by atoms with Gasteiger partial charge in [-0.2, -0.15) is 5.10 Å². The molecular formula is C17H24N4. The van der Waals surface area contributed by atoms with E-state index in [9.17, 15) is 0 Å². The molecular weight excluding hydrogens is 260 g/mol. The SMILES string of the molecule is Cc1nn(C)c2ncc(CNCC3CC4CCC3C4)cc12. The first-order valence-corrected chi connectivity index (χ1v) is 8.19. The van der Waals surface area contributed by atoms with Crippen LogP contribution in [0, 0.1) is 24.7 Å². The Morgan fingerprint density at radius 2 is 2.24 bits per heavy atom. The molecule has 0 spiro atoms. The molecule has 0 aromatic carbocycles. The standard InChI is InChI=1S/C17H24N4/c1-11-16-7-13(9-19-17(16)21(2)20-11)8-18-10-15-6-12-3-4-14(15)5-12/h7,9,12,14-15,18H,3-6,8,10H2,1-2H3. The second-order valence-corrected chi connectivity index (χ2v) is 6.99. The van der Waals surface area contributed by atoms with E-state index in [0.29, 0.717) is 0 Å². The molecule has 0 radical (unpaired) electrons. The van der Waals surface area contributed by atoms with Crippen LogP contribution in [0.25, 0.3) is 11.0 Å². The van der Waals surface area contributed by atoms with Gasteiger partial charge < -0.3 is 5.32 Å². The minimum absolute atomic E-state index is 0.917. The maximum Gasteiger partial charge on any atom is 0.157 e. The van der Waals surface area contributed by atoms with Crippen LogP contribution < -0.4 is 5.32 Å². The van der Waals surface area contributed by atoms with Gasteiger partial charge in [-0.05, 0) is 62.1 Å². The lowest BCUT2D eigenvalue weighted by Gasteiger charge is -2.21. The number of rotatable bonds is 4. The van der Waals surface area contributed by atoms with Gasteiger partial charge in [-0.25, -0.2) is 4.98 Å². The van der Waals surface area contributed by atoms with Gasteiger partial charge >= 0.3 is 0 Å². The average Bonchev–Trinajstić information content (AvgIpc) is 3.15. The van der Waals surface area contributed by atoms with E-state index >= 15 is 0 Å². The van der Waals surface area contributed by atoms with Crippen LogP contribution in [0.3, 0.4) is 0 Å². The fraction of sp³-hybridized carbons (Fsp3) is 0.647. The molecule has 2 aromatic heterocycles. The van der Waals surface area contributed by atoms with Crippen LogP contribution in [0.1, 0.15) is 36.9 Å². The highest BCUT2D eigenvalue weighted by molar-refractivity contribution is 5.78. The Morgan fingerprint density at radius 1 is 1.33 bits per heavy atom. The zero-order valence-electron chi connectivity index (χ0n) is 13.0. The summed E-state index contributed by atoms with van der Waals surface area (Å²) in [4.78, 5) is 4.55. The number of hydrogen-bond acceptors (Lipinski definition) is 3. The van der Waals surface area contributed by atoms with Crippen molar-refractivity contribution in [2.45, 2.75) is 39.2 Å². The summed E-state index contributed by atoms with van der Waals surface area (Å²) in [5, 5.41) is 9.26. The quantitative estimate of drug-likeness (QED) is 0.939. The maximum atomic E-state index is 4.55. The van der Waals surface area contributed by atoms with Crippen molar-refractivity contribution >= 4 is 11.0 Å². The van der Waals surface area contributed by atoms with Crippen LogP contribution in [0.4, 0.5) is 0 Å². The molecule has 0 amide bonds. The fourth-order valence-corrected chi connectivity index (χ4v) is 4.48. The summed E-state index contributed by atoms with van der Waals surface area (Å²) in [6, 6.07) is 2.23. The highest BCUT2D eigenvalue weighted by atomic mass is 15.3. The van der Waals surface area contributed by atoms with Gasteiger partial charge in [0.1, 0.15) is 0 Å². The van der Waals surface area contributed by atoms with Crippen LogP contribution in [-0.2, 0) is 13.6 Å². The summed E-state index contributed by atoms with van der Waals surface area (Å²) in [5.74, 6) is 2.96. The largest absolute Gasteiger partial charge is 0.312 e. The molecule has 2 bridgehead atoms. The Balaban J connectivity index is 1.39. The third kappa shape index (κ3) is 2.35. The van der Waals surface area contributed by atoms with Crippen LogP contribution in [0.2, 0.25) is 0 Å². The summed E-state index contributed by atoms with van der Waals surface area (Å²) >= 11 is 0. The molecule has 3 atom stereocenters. The molecule has 0 aliphatic heterocycles. The van der Waals surface area contributed by atoms with E-state index in [4.69, 9.17) is 0 Å². The number of pyridine rings is 1. The van der Waals surface area contributed by atoms with E-state index < -0.39 is 0 Å². The molecule has 4 rings (SSSR count). The monoisotopic (exact) mass is 284 g/mol.